The Morgan fingerprint density at radius 1 is 1.00 bits per heavy atom. The van der Waals surface area contributed by atoms with Crippen LogP contribution < -0.4 is 14.4 Å². The van der Waals surface area contributed by atoms with E-state index < -0.39 is 17.7 Å². The molecule has 3 aromatic rings. The van der Waals surface area contributed by atoms with E-state index in [0.717, 1.165) is 11.1 Å². The van der Waals surface area contributed by atoms with Crippen molar-refractivity contribution in [2.24, 2.45) is 0 Å². The lowest BCUT2D eigenvalue weighted by Gasteiger charge is -2.24. The van der Waals surface area contributed by atoms with Gasteiger partial charge >= 0.3 is 0 Å². The van der Waals surface area contributed by atoms with Gasteiger partial charge < -0.3 is 19.0 Å². The van der Waals surface area contributed by atoms with Gasteiger partial charge in [0.25, 0.3) is 11.7 Å². The summed E-state index contributed by atoms with van der Waals surface area (Å²) in [6.45, 7) is 3.99. The van der Waals surface area contributed by atoms with E-state index in [1.165, 1.54) is 11.2 Å². The lowest BCUT2D eigenvalue weighted by Crippen LogP contribution is -2.29. The first-order valence-corrected chi connectivity index (χ1v) is 9.77. The largest absolute Gasteiger partial charge is 0.507 e. The highest BCUT2D eigenvalue weighted by atomic mass is 16.7. The molecule has 2 aliphatic heterocycles. The molecule has 1 saturated heterocycles. The van der Waals surface area contributed by atoms with E-state index in [1.54, 1.807) is 36.4 Å². The standard InChI is InChI=1S/C24H19NO6/c1-13-5-7-16(10-14(13)2)25-21(18-4-3-9-29-18)20(23(27)24(25)28)22(26)15-6-8-17-19(11-15)31-12-30-17/h3-11,21,26H,12H2,1-2H3/b22-20-. The number of aryl methyl sites for hydroxylation is 2. The number of benzene rings is 2. The van der Waals surface area contributed by atoms with Gasteiger partial charge in [-0.05, 0) is 67.4 Å². The number of carbonyl (C=O) groups excluding carboxylic acids is 2. The molecule has 1 unspecified atom stereocenters. The number of aliphatic hydroxyl groups is 1. The third kappa shape index (κ3) is 2.97. The molecule has 5 rings (SSSR count). The van der Waals surface area contributed by atoms with E-state index in [2.05, 4.69) is 0 Å². The number of hydrogen-bond acceptors (Lipinski definition) is 6. The van der Waals surface area contributed by atoms with Gasteiger partial charge in [0.15, 0.2) is 11.5 Å². The van der Waals surface area contributed by atoms with E-state index in [0.29, 0.717) is 28.5 Å². The number of aliphatic hydroxyl groups excluding tert-OH is 1. The van der Waals surface area contributed by atoms with Crippen LogP contribution in [0.25, 0.3) is 5.76 Å². The number of hydrogen-bond donors (Lipinski definition) is 1. The fourth-order valence-corrected chi connectivity index (χ4v) is 3.89. The monoisotopic (exact) mass is 417 g/mol. The number of fused-ring (bicyclic) bond motifs is 1. The van der Waals surface area contributed by atoms with Crippen molar-refractivity contribution in [3.63, 3.8) is 0 Å². The number of ether oxygens (including phenoxy) is 2. The predicted octanol–water partition coefficient (Wildman–Crippen LogP) is 4.25. The topological polar surface area (TPSA) is 89.2 Å². The van der Waals surface area contributed by atoms with Gasteiger partial charge in [-0.3, -0.25) is 14.5 Å². The van der Waals surface area contributed by atoms with Crippen LogP contribution in [-0.4, -0.2) is 23.6 Å². The van der Waals surface area contributed by atoms with Crippen LogP contribution in [0.1, 0.15) is 28.5 Å². The molecule has 1 fully saturated rings. The van der Waals surface area contributed by atoms with Crippen LogP contribution in [0.15, 0.2) is 64.8 Å². The van der Waals surface area contributed by atoms with E-state index in [-0.39, 0.29) is 18.1 Å². The number of amides is 1. The summed E-state index contributed by atoms with van der Waals surface area (Å²) >= 11 is 0. The number of anilines is 1. The van der Waals surface area contributed by atoms with Crippen LogP contribution >= 0.6 is 0 Å². The van der Waals surface area contributed by atoms with Crippen LogP contribution in [0.5, 0.6) is 11.5 Å². The van der Waals surface area contributed by atoms with Gasteiger partial charge in [0.2, 0.25) is 6.79 Å². The normalized spacial score (nSPS) is 19.3. The Bertz CT molecular complexity index is 1240. The Balaban J connectivity index is 1.69. The van der Waals surface area contributed by atoms with E-state index in [9.17, 15) is 14.7 Å². The number of furan rings is 1. The summed E-state index contributed by atoms with van der Waals surface area (Å²) in [5.74, 6) is -0.428. The van der Waals surface area contributed by atoms with E-state index in [4.69, 9.17) is 13.9 Å². The lowest BCUT2D eigenvalue weighted by atomic mass is 9.98. The molecular formula is C24H19NO6. The molecule has 0 saturated carbocycles. The summed E-state index contributed by atoms with van der Waals surface area (Å²) in [6, 6.07) is 12.8. The molecule has 31 heavy (non-hydrogen) atoms. The first-order valence-electron chi connectivity index (χ1n) is 9.77. The highest BCUT2D eigenvalue weighted by molar-refractivity contribution is 6.51. The van der Waals surface area contributed by atoms with Crippen molar-refractivity contribution >= 4 is 23.1 Å². The summed E-state index contributed by atoms with van der Waals surface area (Å²) in [5, 5.41) is 11.1. The van der Waals surface area contributed by atoms with Crippen LogP contribution in [0.3, 0.4) is 0 Å². The van der Waals surface area contributed by atoms with Gasteiger partial charge in [-0.15, -0.1) is 0 Å². The second-order valence-electron chi connectivity index (χ2n) is 7.52. The van der Waals surface area contributed by atoms with Gasteiger partial charge in [0.1, 0.15) is 17.6 Å². The first kappa shape index (κ1) is 19.0. The zero-order valence-corrected chi connectivity index (χ0v) is 16.9. The quantitative estimate of drug-likeness (QED) is 0.389. The van der Waals surface area contributed by atoms with Crippen LogP contribution in [-0.2, 0) is 9.59 Å². The number of nitrogens with zero attached hydrogens (tertiary/aromatic N) is 1. The molecule has 7 heteroatoms. The third-order valence-electron chi connectivity index (χ3n) is 5.67. The van der Waals surface area contributed by atoms with Crippen molar-refractivity contribution in [2.45, 2.75) is 19.9 Å². The van der Waals surface area contributed by atoms with Crippen molar-refractivity contribution in [1.82, 2.24) is 0 Å². The van der Waals surface area contributed by atoms with Crippen molar-refractivity contribution in [2.75, 3.05) is 11.7 Å². The number of rotatable bonds is 3. The average molecular weight is 417 g/mol. The highest BCUT2D eigenvalue weighted by Gasteiger charge is 2.48. The summed E-state index contributed by atoms with van der Waals surface area (Å²) < 4.78 is 16.3. The highest BCUT2D eigenvalue weighted by Crippen LogP contribution is 2.43. The Kier molecular flexibility index (Phi) is 4.32. The second kappa shape index (κ2) is 7.05. The van der Waals surface area contributed by atoms with Crippen LogP contribution in [0.2, 0.25) is 0 Å². The van der Waals surface area contributed by atoms with Gasteiger partial charge in [-0.1, -0.05) is 6.07 Å². The smallest absolute Gasteiger partial charge is 0.300 e. The van der Waals surface area contributed by atoms with Crippen molar-refractivity contribution in [3.05, 3.63) is 82.8 Å². The number of Topliss-reactive ketones (excluding diaryl/α,β-unsaturated/α-hetero) is 1. The number of ketones is 1. The molecule has 156 valence electrons. The summed E-state index contributed by atoms with van der Waals surface area (Å²) in [6.07, 6.45) is 1.47. The zero-order chi connectivity index (χ0) is 21.7. The van der Waals surface area contributed by atoms with Crippen molar-refractivity contribution in [1.29, 1.82) is 0 Å². The minimum atomic E-state index is -0.900. The van der Waals surface area contributed by atoms with Crippen molar-refractivity contribution < 1.29 is 28.6 Å². The second-order valence-corrected chi connectivity index (χ2v) is 7.52. The van der Waals surface area contributed by atoms with Crippen LogP contribution in [0, 0.1) is 13.8 Å². The molecule has 0 radical (unpaired) electrons. The number of carbonyl (C=O) groups is 2. The maximum Gasteiger partial charge on any atom is 0.300 e. The fourth-order valence-electron chi connectivity index (χ4n) is 3.89. The lowest BCUT2D eigenvalue weighted by molar-refractivity contribution is -0.132. The van der Waals surface area contributed by atoms with Crippen LogP contribution in [0.4, 0.5) is 5.69 Å². The molecule has 0 spiro atoms. The van der Waals surface area contributed by atoms with E-state index >= 15 is 0 Å². The maximum absolute atomic E-state index is 13.1. The zero-order valence-electron chi connectivity index (χ0n) is 16.9. The molecule has 7 nitrogen and oxygen atoms in total. The molecule has 2 aliphatic rings. The SMILES string of the molecule is Cc1ccc(N2C(=O)C(=O)/C(=C(\O)c3ccc4c(c3)OCO4)C2c2ccco2)cc1C. The minimum Gasteiger partial charge on any atom is -0.507 e. The molecule has 0 bridgehead atoms. The molecule has 1 aromatic heterocycles. The summed E-state index contributed by atoms with van der Waals surface area (Å²) in [4.78, 5) is 27.5. The maximum atomic E-state index is 13.1. The molecule has 1 N–H and O–H groups in total. The molecule has 1 atom stereocenters. The molecule has 3 heterocycles. The van der Waals surface area contributed by atoms with Gasteiger partial charge in [0, 0.05) is 11.3 Å². The predicted molar refractivity (Wildman–Crippen MR) is 112 cm³/mol. The fraction of sp³-hybridized carbons (Fsp3) is 0.167. The Labute approximate surface area is 178 Å². The summed E-state index contributed by atoms with van der Waals surface area (Å²) in [5.41, 5.74) is 2.90. The summed E-state index contributed by atoms with van der Waals surface area (Å²) in [7, 11) is 0. The van der Waals surface area contributed by atoms with Gasteiger partial charge in [-0.2, -0.15) is 0 Å². The minimum absolute atomic E-state index is 0.0444. The van der Waals surface area contributed by atoms with Crippen molar-refractivity contribution in [3.8, 4) is 11.5 Å². The van der Waals surface area contributed by atoms with E-state index in [1.807, 2.05) is 26.0 Å². The Morgan fingerprint density at radius 2 is 1.81 bits per heavy atom. The first-order chi connectivity index (χ1) is 15.0. The average Bonchev–Trinajstić information content (AvgIpc) is 3.50. The molecular weight excluding hydrogens is 398 g/mol. The molecule has 0 aliphatic carbocycles. The Morgan fingerprint density at radius 3 is 2.55 bits per heavy atom. The molecule has 1 amide bonds. The van der Waals surface area contributed by atoms with Gasteiger partial charge in [0.05, 0.1) is 11.8 Å². The van der Waals surface area contributed by atoms with Gasteiger partial charge in [-0.25, -0.2) is 0 Å². The third-order valence-corrected chi connectivity index (χ3v) is 5.67. The Hall–Kier alpha value is -4.00. The molecule has 2 aromatic carbocycles.